The smallest absolute Gasteiger partial charge is 0.180 e. The normalized spacial score (nSPS) is 10.8. The molecule has 0 aromatic carbocycles. The molecule has 2 heterocycles. The van der Waals surface area contributed by atoms with Gasteiger partial charge in [0, 0.05) is 31.9 Å². The average Bonchev–Trinajstić information content (AvgIpc) is 2.43. The molecule has 0 amide bonds. The number of aromatic nitrogens is 3. The van der Waals surface area contributed by atoms with Crippen molar-refractivity contribution in [3.05, 3.63) is 24.5 Å². The van der Waals surface area contributed by atoms with Gasteiger partial charge in [0.25, 0.3) is 0 Å². The van der Waals surface area contributed by atoms with Crippen LogP contribution in [0.4, 0.5) is 5.82 Å². The van der Waals surface area contributed by atoms with Gasteiger partial charge in [-0.2, -0.15) is 0 Å². The fourth-order valence-corrected chi connectivity index (χ4v) is 1.98. The first-order valence-electron chi connectivity index (χ1n) is 6.16. The van der Waals surface area contributed by atoms with Crippen LogP contribution in [0.25, 0.3) is 11.2 Å². The number of pyridine rings is 1. The second kappa shape index (κ2) is 6.50. The van der Waals surface area contributed by atoms with Crippen LogP contribution in [0.15, 0.2) is 24.5 Å². The minimum Gasteiger partial charge on any atom is -0.360 e. The number of rotatable bonds is 6. The van der Waals surface area contributed by atoms with Crippen LogP contribution in [0.3, 0.4) is 0 Å². The molecule has 0 radical (unpaired) electrons. The highest BCUT2D eigenvalue weighted by atomic mass is 35.5. The Balaban J connectivity index is 2.01. The molecule has 0 fully saturated rings. The summed E-state index contributed by atoms with van der Waals surface area (Å²) in [4.78, 5) is 15.1. The van der Waals surface area contributed by atoms with Gasteiger partial charge < -0.3 is 4.90 Å². The number of hydrogen-bond donors (Lipinski definition) is 0. The van der Waals surface area contributed by atoms with E-state index in [0.717, 1.165) is 43.0 Å². The van der Waals surface area contributed by atoms with Crippen molar-refractivity contribution in [2.75, 3.05) is 24.4 Å². The van der Waals surface area contributed by atoms with Gasteiger partial charge in [0.1, 0.15) is 11.3 Å². The quantitative estimate of drug-likeness (QED) is 0.594. The van der Waals surface area contributed by atoms with E-state index < -0.39 is 0 Å². The molecule has 5 heteroatoms. The van der Waals surface area contributed by atoms with Crippen molar-refractivity contribution in [2.45, 2.75) is 19.3 Å². The first-order valence-corrected chi connectivity index (χ1v) is 6.69. The summed E-state index contributed by atoms with van der Waals surface area (Å²) in [7, 11) is 2.05. The topological polar surface area (TPSA) is 41.9 Å². The number of fused-ring (bicyclic) bond motifs is 1. The van der Waals surface area contributed by atoms with Crippen molar-refractivity contribution in [1.29, 1.82) is 0 Å². The highest BCUT2D eigenvalue weighted by molar-refractivity contribution is 6.17. The molecule has 0 unspecified atom stereocenters. The molecule has 18 heavy (non-hydrogen) atoms. The molecule has 0 aliphatic rings. The summed E-state index contributed by atoms with van der Waals surface area (Å²) in [5, 5.41) is 0. The number of hydrogen-bond acceptors (Lipinski definition) is 4. The van der Waals surface area contributed by atoms with Gasteiger partial charge >= 0.3 is 0 Å². The molecule has 4 nitrogen and oxygen atoms in total. The molecule has 2 rings (SSSR count). The molecule has 0 bridgehead atoms. The Hall–Kier alpha value is -1.42. The predicted molar refractivity (Wildman–Crippen MR) is 75.2 cm³/mol. The Morgan fingerprint density at radius 3 is 2.78 bits per heavy atom. The van der Waals surface area contributed by atoms with Crippen molar-refractivity contribution in [1.82, 2.24) is 15.0 Å². The summed E-state index contributed by atoms with van der Waals surface area (Å²) in [6.45, 7) is 0.982. The van der Waals surface area contributed by atoms with E-state index in [1.54, 1.807) is 12.4 Å². The van der Waals surface area contributed by atoms with Gasteiger partial charge in [-0.25, -0.2) is 9.97 Å². The van der Waals surface area contributed by atoms with Crippen LogP contribution in [0.5, 0.6) is 0 Å². The number of halogens is 1. The molecule has 0 spiro atoms. The van der Waals surface area contributed by atoms with E-state index in [1.807, 2.05) is 19.2 Å². The van der Waals surface area contributed by atoms with Gasteiger partial charge in [-0.05, 0) is 25.0 Å². The highest BCUT2D eigenvalue weighted by Crippen LogP contribution is 2.14. The zero-order valence-electron chi connectivity index (χ0n) is 10.5. The minimum atomic E-state index is 0.697. The molecule has 0 aliphatic heterocycles. The lowest BCUT2D eigenvalue weighted by Gasteiger charge is -2.17. The molecular formula is C13H17ClN4. The number of alkyl halides is 1. The van der Waals surface area contributed by atoms with Crippen molar-refractivity contribution in [2.24, 2.45) is 0 Å². The second-order valence-electron chi connectivity index (χ2n) is 4.24. The third-order valence-corrected chi connectivity index (χ3v) is 3.10. The van der Waals surface area contributed by atoms with Crippen molar-refractivity contribution >= 4 is 28.6 Å². The van der Waals surface area contributed by atoms with E-state index in [9.17, 15) is 0 Å². The van der Waals surface area contributed by atoms with Gasteiger partial charge in [-0.1, -0.05) is 6.42 Å². The highest BCUT2D eigenvalue weighted by Gasteiger charge is 2.04. The van der Waals surface area contributed by atoms with Gasteiger partial charge in [0.15, 0.2) is 5.65 Å². The van der Waals surface area contributed by atoms with Crippen LogP contribution in [0.1, 0.15) is 19.3 Å². The van der Waals surface area contributed by atoms with E-state index in [2.05, 4.69) is 19.9 Å². The average molecular weight is 265 g/mol. The van der Waals surface area contributed by atoms with Crippen LogP contribution in [-0.2, 0) is 0 Å². The Kier molecular flexibility index (Phi) is 4.70. The van der Waals surface area contributed by atoms with Crippen LogP contribution in [0.2, 0.25) is 0 Å². The van der Waals surface area contributed by atoms with Crippen molar-refractivity contribution in [3.63, 3.8) is 0 Å². The standard InChI is InChI=1S/C13H17ClN4/c1-18(10-4-2-3-7-14)12-6-5-11-13(17-12)16-9-8-15-11/h5-6,8-9H,2-4,7,10H2,1H3. The maximum Gasteiger partial charge on any atom is 0.180 e. The summed E-state index contributed by atoms with van der Waals surface area (Å²) in [6, 6.07) is 3.94. The molecule has 0 N–H and O–H groups in total. The van der Waals surface area contributed by atoms with Crippen molar-refractivity contribution < 1.29 is 0 Å². The monoisotopic (exact) mass is 264 g/mol. The van der Waals surface area contributed by atoms with Crippen LogP contribution >= 0.6 is 11.6 Å². The maximum atomic E-state index is 5.66. The molecule has 2 aromatic rings. The largest absolute Gasteiger partial charge is 0.360 e. The Morgan fingerprint density at radius 2 is 1.94 bits per heavy atom. The SMILES string of the molecule is CN(CCCCCCl)c1ccc2nccnc2n1. The molecule has 0 aliphatic carbocycles. The van der Waals surface area contributed by atoms with Gasteiger partial charge in [-0.15, -0.1) is 11.6 Å². The van der Waals surface area contributed by atoms with E-state index >= 15 is 0 Å². The summed E-state index contributed by atoms with van der Waals surface area (Å²) in [5.41, 5.74) is 1.53. The van der Waals surface area contributed by atoms with Crippen LogP contribution < -0.4 is 4.90 Å². The fraction of sp³-hybridized carbons (Fsp3) is 0.462. The lowest BCUT2D eigenvalue weighted by Crippen LogP contribution is -2.19. The lowest BCUT2D eigenvalue weighted by molar-refractivity contribution is 0.704. The Labute approximate surface area is 112 Å². The fourth-order valence-electron chi connectivity index (χ4n) is 1.79. The van der Waals surface area contributed by atoms with E-state index in [-0.39, 0.29) is 0 Å². The van der Waals surface area contributed by atoms with Crippen molar-refractivity contribution in [3.8, 4) is 0 Å². The molecule has 0 saturated heterocycles. The number of nitrogens with zero attached hydrogens (tertiary/aromatic N) is 4. The van der Waals surface area contributed by atoms with E-state index in [1.165, 1.54) is 0 Å². The molecular weight excluding hydrogens is 248 g/mol. The third kappa shape index (κ3) is 3.29. The van der Waals surface area contributed by atoms with Crippen LogP contribution in [0, 0.1) is 0 Å². The second-order valence-corrected chi connectivity index (χ2v) is 4.62. The van der Waals surface area contributed by atoms with Gasteiger partial charge in [0.2, 0.25) is 0 Å². The summed E-state index contributed by atoms with van der Waals surface area (Å²) in [6.07, 6.45) is 6.70. The lowest BCUT2D eigenvalue weighted by atomic mass is 10.2. The molecule has 2 aromatic heterocycles. The first-order chi connectivity index (χ1) is 8.81. The third-order valence-electron chi connectivity index (χ3n) is 2.84. The predicted octanol–water partition coefficient (Wildman–Crippen LogP) is 2.87. The molecule has 96 valence electrons. The van der Waals surface area contributed by atoms with Gasteiger partial charge in [0.05, 0.1) is 0 Å². The number of unbranched alkanes of at least 4 members (excludes halogenated alkanes) is 2. The van der Waals surface area contributed by atoms with E-state index in [4.69, 9.17) is 11.6 Å². The molecule has 0 atom stereocenters. The Morgan fingerprint density at radius 1 is 1.11 bits per heavy atom. The van der Waals surface area contributed by atoms with Crippen LogP contribution in [-0.4, -0.2) is 34.4 Å². The maximum absolute atomic E-state index is 5.66. The van der Waals surface area contributed by atoms with Gasteiger partial charge in [-0.3, -0.25) is 4.98 Å². The zero-order chi connectivity index (χ0) is 12.8. The summed E-state index contributed by atoms with van der Waals surface area (Å²) >= 11 is 5.66. The molecule has 0 saturated carbocycles. The van der Waals surface area contributed by atoms with E-state index in [0.29, 0.717) is 5.65 Å². The zero-order valence-corrected chi connectivity index (χ0v) is 11.3. The number of anilines is 1. The summed E-state index contributed by atoms with van der Waals surface area (Å²) in [5.74, 6) is 1.68. The first kappa shape index (κ1) is 13.0. The minimum absolute atomic E-state index is 0.697. The Bertz CT molecular complexity index is 503. The summed E-state index contributed by atoms with van der Waals surface area (Å²) < 4.78 is 0.